The molecule has 7 heteroatoms. The highest BCUT2D eigenvalue weighted by atomic mass is 16.2. The Hall–Kier alpha value is -3.22. The highest BCUT2D eigenvalue weighted by molar-refractivity contribution is 5.93. The summed E-state index contributed by atoms with van der Waals surface area (Å²) >= 11 is 0. The van der Waals surface area contributed by atoms with Crippen molar-refractivity contribution in [2.24, 2.45) is 13.0 Å². The number of anilines is 1. The number of amides is 2. The van der Waals surface area contributed by atoms with E-state index in [2.05, 4.69) is 17.3 Å². The van der Waals surface area contributed by atoms with E-state index in [0.717, 1.165) is 52.1 Å². The Kier molecular flexibility index (Phi) is 6.26. The van der Waals surface area contributed by atoms with Crippen LogP contribution in [0.4, 0.5) is 5.69 Å². The predicted molar refractivity (Wildman–Crippen MR) is 125 cm³/mol. The van der Waals surface area contributed by atoms with Gasteiger partial charge in [0.05, 0.1) is 11.6 Å². The van der Waals surface area contributed by atoms with Gasteiger partial charge in [-0.3, -0.25) is 14.3 Å². The highest BCUT2D eigenvalue weighted by Gasteiger charge is 2.28. The molecule has 168 valence electrons. The fraction of sp³-hybridized carbons (Fsp3) is 0.440. The summed E-state index contributed by atoms with van der Waals surface area (Å²) in [6.07, 6.45) is 2.72. The predicted octanol–water partition coefficient (Wildman–Crippen LogP) is 3.70. The molecular weight excluding hydrogens is 402 g/mol. The van der Waals surface area contributed by atoms with Gasteiger partial charge in [0, 0.05) is 43.3 Å². The van der Waals surface area contributed by atoms with Crippen LogP contribution in [-0.2, 0) is 23.1 Å². The second-order valence-electron chi connectivity index (χ2n) is 8.74. The first-order chi connectivity index (χ1) is 15.3. The molecule has 3 aromatic rings. The first-order valence-electron chi connectivity index (χ1n) is 11.3. The second kappa shape index (κ2) is 9.10. The average Bonchev–Trinajstić information content (AvgIpc) is 3.07. The number of hydrogen-bond donors (Lipinski definition) is 1. The largest absolute Gasteiger partial charge is 0.342 e. The molecule has 1 unspecified atom stereocenters. The van der Waals surface area contributed by atoms with Crippen molar-refractivity contribution < 1.29 is 9.59 Å². The number of likely N-dealkylation sites (tertiary alicyclic amines) is 1. The number of aryl methyl sites for hydroxylation is 4. The van der Waals surface area contributed by atoms with Crippen molar-refractivity contribution in [1.82, 2.24) is 19.7 Å². The Morgan fingerprint density at radius 3 is 2.62 bits per heavy atom. The quantitative estimate of drug-likeness (QED) is 0.665. The molecule has 2 aromatic heterocycles. The summed E-state index contributed by atoms with van der Waals surface area (Å²) in [7, 11) is 1.91. The van der Waals surface area contributed by atoms with E-state index in [9.17, 15) is 9.59 Å². The number of nitrogens with one attached hydrogen (secondary N) is 1. The summed E-state index contributed by atoms with van der Waals surface area (Å²) in [6.45, 7) is 7.28. The number of fused-ring (bicyclic) bond motifs is 1. The Balaban J connectivity index is 1.41. The molecule has 1 aliphatic rings. The number of carbonyl (C=O) groups is 2. The van der Waals surface area contributed by atoms with Crippen LogP contribution >= 0.6 is 0 Å². The van der Waals surface area contributed by atoms with Gasteiger partial charge in [-0.1, -0.05) is 18.2 Å². The maximum atomic E-state index is 13.0. The van der Waals surface area contributed by atoms with Crippen LogP contribution in [0.15, 0.2) is 30.3 Å². The normalized spacial score (nSPS) is 16.4. The lowest BCUT2D eigenvalue weighted by Crippen LogP contribution is -2.43. The van der Waals surface area contributed by atoms with Crippen molar-refractivity contribution in [2.75, 3.05) is 18.4 Å². The van der Waals surface area contributed by atoms with Crippen LogP contribution in [0, 0.1) is 26.7 Å². The van der Waals surface area contributed by atoms with Crippen LogP contribution in [-0.4, -0.2) is 44.6 Å². The van der Waals surface area contributed by atoms with Crippen LogP contribution in [0.1, 0.15) is 41.8 Å². The lowest BCUT2D eigenvalue weighted by molar-refractivity contribution is -0.134. The van der Waals surface area contributed by atoms with Crippen molar-refractivity contribution in [2.45, 2.75) is 46.5 Å². The lowest BCUT2D eigenvalue weighted by Gasteiger charge is -2.32. The number of nitrogens with zero attached hydrogens (tertiary/aromatic N) is 4. The lowest BCUT2D eigenvalue weighted by atomic mass is 9.95. The number of aromatic nitrogens is 3. The van der Waals surface area contributed by atoms with Crippen LogP contribution in [0.5, 0.6) is 0 Å². The fourth-order valence-electron chi connectivity index (χ4n) is 4.80. The van der Waals surface area contributed by atoms with Gasteiger partial charge in [-0.25, -0.2) is 4.98 Å². The molecule has 3 heterocycles. The SMILES string of the molecule is Cc1nc2c(c(C)nn2C)c(C)c1CCC(=O)N1CCCC(C(=O)Nc2ccccc2)C1. The molecule has 0 bridgehead atoms. The summed E-state index contributed by atoms with van der Waals surface area (Å²) in [5, 5.41) is 8.55. The monoisotopic (exact) mass is 433 g/mol. The van der Waals surface area contributed by atoms with Gasteiger partial charge in [0.1, 0.15) is 0 Å². The zero-order chi connectivity index (χ0) is 22.8. The molecule has 0 aliphatic carbocycles. The number of pyridine rings is 1. The van der Waals surface area contributed by atoms with Gasteiger partial charge in [-0.05, 0) is 63.3 Å². The van der Waals surface area contributed by atoms with E-state index in [-0.39, 0.29) is 17.7 Å². The van der Waals surface area contributed by atoms with E-state index in [1.807, 2.05) is 60.8 Å². The molecule has 2 amide bonds. The fourth-order valence-corrected chi connectivity index (χ4v) is 4.80. The molecule has 1 aromatic carbocycles. The minimum atomic E-state index is -0.174. The standard InChI is InChI=1S/C25H31N5O2/c1-16-21(17(2)26-24-23(16)18(3)28-29(24)4)12-13-22(31)30-14-8-9-19(15-30)25(32)27-20-10-6-5-7-11-20/h5-7,10-11,19H,8-9,12-15H2,1-4H3,(H,27,32). The van der Waals surface area contributed by atoms with Gasteiger partial charge in [0.25, 0.3) is 0 Å². The summed E-state index contributed by atoms with van der Waals surface area (Å²) in [5.41, 5.74) is 5.87. The Morgan fingerprint density at radius 2 is 1.88 bits per heavy atom. The first kappa shape index (κ1) is 22.0. The van der Waals surface area contributed by atoms with Crippen molar-refractivity contribution in [3.05, 3.63) is 52.8 Å². The first-order valence-corrected chi connectivity index (χ1v) is 11.3. The third-order valence-electron chi connectivity index (χ3n) is 6.51. The van der Waals surface area contributed by atoms with Crippen molar-refractivity contribution in [3.63, 3.8) is 0 Å². The van der Waals surface area contributed by atoms with E-state index in [4.69, 9.17) is 4.98 Å². The minimum Gasteiger partial charge on any atom is -0.342 e. The van der Waals surface area contributed by atoms with Gasteiger partial charge in [0.15, 0.2) is 5.65 Å². The molecule has 1 aliphatic heterocycles. The molecule has 4 rings (SSSR count). The Labute approximate surface area is 188 Å². The molecule has 32 heavy (non-hydrogen) atoms. The number of piperidine rings is 1. The molecule has 0 spiro atoms. The maximum Gasteiger partial charge on any atom is 0.229 e. The average molecular weight is 434 g/mol. The van der Waals surface area contributed by atoms with Crippen LogP contribution in [0.2, 0.25) is 0 Å². The van der Waals surface area contributed by atoms with E-state index in [0.29, 0.717) is 25.9 Å². The van der Waals surface area contributed by atoms with Crippen LogP contribution in [0.3, 0.4) is 0 Å². The van der Waals surface area contributed by atoms with Gasteiger partial charge in [0.2, 0.25) is 11.8 Å². The smallest absolute Gasteiger partial charge is 0.229 e. The summed E-state index contributed by atoms with van der Waals surface area (Å²) in [6, 6.07) is 9.47. The van der Waals surface area contributed by atoms with Crippen molar-refractivity contribution in [3.8, 4) is 0 Å². The third kappa shape index (κ3) is 4.38. The van der Waals surface area contributed by atoms with Gasteiger partial charge < -0.3 is 10.2 Å². The zero-order valence-electron chi connectivity index (χ0n) is 19.3. The van der Waals surface area contributed by atoms with Gasteiger partial charge in [-0.15, -0.1) is 0 Å². The number of carbonyl (C=O) groups excluding carboxylic acids is 2. The van der Waals surface area contributed by atoms with E-state index in [1.54, 1.807) is 0 Å². The number of hydrogen-bond acceptors (Lipinski definition) is 4. The molecule has 1 N–H and O–H groups in total. The van der Waals surface area contributed by atoms with Crippen LogP contribution < -0.4 is 5.32 Å². The Morgan fingerprint density at radius 1 is 1.12 bits per heavy atom. The highest BCUT2D eigenvalue weighted by Crippen LogP contribution is 2.26. The number of benzene rings is 1. The van der Waals surface area contributed by atoms with Crippen LogP contribution in [0.25, 0.3) is 11.0 Å². The second-order valence-corrected chi connectivity index (χ2v) is 8.74. The van der Waals surface area contributed by atoms with Crippen molar-refractivity contribution in [1.29, 1.82) is 0 Å². The molecule has 1 saturated heterocycles. The molecule has 1 fully saturated rings. The summed E-state index contributed by atoms with van der Waals surface area (Å²) in [5.74, 6) is -0.0847. The van der Waals surface area contributed by atoms with Gasteiger partial charge >= 0.3 is 0 Å². The molecule has 0 radical (unpaired) electrons. The van der Waals surface area contributed by atoms with Crippen molar-refractivity contribution >= 4 is 28.5 Å². The minimum absolute atomic E-state index is 0.0120. The number of rotatable bonds is 5. The van der Waals surface area contributed by atoms with Gasteiger partial charge in [-0.2, -0.15) is 5.10 Å². The zero-order valence-corrected chi connectivity index (χ0v) is 19.3. The van der Waals surface area contributed by atoms with E-state index >= 15 is 0 Å². The molecule has 7 nitrogen and oxygen atoms in total. The van der Waals surface area contributed by atoms with E-state index in [1.165, 1.54) is 0 Å². The Bertz CT molecular complexity index is 1150. The summed E-state index contributed by atoms with van der Waals surface area (Å²) < 4.78 is 1.81. The number of para-hydroxylation sites is 1. The summed E-state index contributed by atoms with van der Waals surface area (Å²) in [4.78, 5) is 32.3. The molecule has 0 saturated carbocycles. The molecule has 1 atom stereocenters. The maximum absolute atomic E-state index is 13.0. The molecular formula is C25H31N5O2. The topological polar surface area (TPSA) is 80.1 Å². The third-order valence-corrected chi connectivity index (χ3v) is 6.51. The van der Waals surface area contributed by atoms with E-state index < -0.39 is 0 Å².